The summed E-state index contributed by atoms with van der Waals surface area (Å²) in [7, 11) is 0. The van der Waals surface area contributed by atoms with Crippen LogP contribution in [-0.4, -0.2) is 25.6 Å². The average Bonchev–Trinajstić information content (AvgIpc) is 2.82. The summed E-state index contributed by atoms with van der Waals surface area (Å²) in [4.78, 5) is 7.03. The van der Waals surface area contributed by atoms with Gasteiger partial charge in [0.25, 0.3) is 0 Å². The van der Waals surface area contributed by atoms with E-state index in [1.807, 2.05) is 0 Å². The topological polar surface area (TPSA) is 27.6 Å². The van der Waals surface area contributed by atoms with Crippen LogP contribution in [-0.2, 0) is 6.42 Å². The van der Waals surface area contributed by atoms with E-state index in [2.05, 4.69) is 48.3 Å². The first-order valence-corrected chi connectivity index (χ1v) is 7.00. The molecule has 1 heterocycles. The molecular formula is C15H23N3. The highest BCUT2D eigenvalue weighted by atomic mass is 15.3. The molecule has 0 aromatic heterocycles. The van der Waals surface area contributed by atoms with Gasteiger partial charge in [0, 0.05) is 25.3 Å². The van der Waals surface area contributed by atoms with E-state index in [9.17, 15) is 0 Å². The number of anilines is 1. The predicted octanol–water partition coefficient (Wildman–Crippen LogP) is 2.81. The first-order valence-electron chi connectivity index (χ1n) is 7.00. The fraction of sp³-hybridized carbons (Fsp3) is 0.533. The molecule has 0 spiro atoms. The third-order valence-corrected chi connectivity index (χ3v) is 3.25. The van der Waals surface area contributed by atoms with Crippen molar-refractivity contribution in [1.29, 1.82) is 0 Å². The number of fused-ring (bicyclic) bond motifs is 1. The number of aliphatic imine (C=N–C) groups is 1. The zero-order valence-electron chi connectivity index (χ0n) is 11.4. The third kappa shape index (κ3) is 2.84. The molecule has 0 saturated carbocycles. The van der Waals surface area contributed by atoms with Gasteiger partial charge in [-0.2, -0.15) is 0 Å². The van der Waals surface area contributed by atoms with Crippen LogP contribution < -0.4 is 10.2 Å². The predicted molar refractivity (Wildman–Crippen MR) is 78.4 cm³/mol. The minimum Gasteiger partial charge on any atom is -0.356 e. The zero-order valence-corrected chi connectivity index (χ0v) is 11.4. The van der Waals surface area contributed by atoms with Gasteiger partial charge in [0.05, 0.1) is 0 Å². The van der Waals surface area contributed by atoms with E-state index >= 15 is 0 Å². The smallest absolute Gasteiger partial charge is 0.198 e. The zero-order chi connectivity index (χ0) is 12.8. The maximum Gasteiger partial charge on any atom is 0.198 e. The monoisotopic (exact) mass is 245 g/mol. The van der Waals surface area contributed by atoms with E-state index in [4.69, 9.17) is 4.99 Å². The summed E-state index contributed by atoms with van der Waals surface area (Å²) < 4.78 is 0. The Morgan fingerprint density at radius 2 is 2.17 bits per heavy atom. The van der Waals surface area contributed by atoms with Gasteiger partial charge in [0.15, 0.2) is 5.96 Å². The molecule has 3 nitrogen and oxygen atoms in total. The molecule has 98 valence electrons. The molecule has 1 aromatic rings. The molecular weight excluding hydrogens is 222 g/mol. The average molecular weight is 245 g/mol. The summed E-state index contributed by atoms with van der Waals surface area (Å²) in [5.74, 6) is 1.04. The fourth-order valence-corrected chi connectivity index (χ4v) is 2.30. The number of unbranched alkanes of at least 4 members (excludes halogenated alkanes) is 1. The molecule has 0 fully saturated rings. The van der Waals surface area contributed by atoms with E-state index in [-0.39, 0.29) is 0 Å². The van der Waals surface area contributed by atoms with E-state index in [1.165, 1.54) is 17.7 Å². The van der Waals surface area contributed by atoms with E-state index in [0.29, 0.717) is 0 Å². The Bertz CT molecular complexity index is 412. The number of hydrogen-bond donors (Lipinski definition) is 1. The van der Waals surface area contributed by atoms with Gasteiger partial charge in [-0.05, 0) is 31.4 Å². The minimum atomic E-state index is 0.914. The number of para-hydroxylation sites is 1. The van der Waals surface area contributed by atoms with Gasteiger partial charge in [0.2, 0.25) is 0 Å². The largest absolute Gasteiger partial charge is 0.356 e. The van der Waals surface area contributed by atoms with Crippen LogP contribution in [0.25, 0.3) is 0 Å². The second-order valence-corrected chi connectivity index (χ2v) is 4.62. The molecule has 1 N–H and O–H groups in total. The first-order chi connectivity index (χ1) is 8.86. The second kappa shape index (κ2) is 6.43. The van der Waals surface area contributed by atoms with Gasteiger partial charge in [-0.1, -0.05) is 31.5 Å². The lowest BCUT2D eigenvalue weighted by atomic mass is 10.2. The van der Waals surface area contributed by atoms with Crippen molar-refractivity contribution < 1.29 is 0 Å². The van der Waals surface area contributed by atoms with Gasteiger partial charge in [0.1, 0.15) is 0 Å². The molecule has 0 radical (unpaired) electrons. The summed E-state index contributed by atoms with van der Waals surface area (Å²) in [6.07, 6.45) is 3.47. The van der Waals surface area contributed by atoms with Crippen LogP contribution in [0.4, 0.5) is 5.69 Å². The van der Waals surface area contributed by atoms with Crippen LogP contribution in [0.1, 0.15) is 32.3 Å². The summed E-state index contributed by atoms with van der Waals surface area (Å²) in [5, 5.41) is 3.40. The van der Waals surface area contributed by atoms with E-state index in [1.54, 1.807) is 0 Å². The standard InChI is InChI=1S/C15H23N3/c1-3-5-11-17-15(16-4-2)18-12-10-13-8-6-7-9-14(13)18/h6-9H,3-5,10-12H2,1-2H3,(H,16,17). The molecule has 1 aliphatic rings. The maximum absolute atomic E-state index is 4.72. The molecule has 1 aromatic carbocycles. The number of nitrogens with zero attached hydrogens (tertiary/aromatic N) is 2. The summed E-state index contributed by atoms with van der Waals surface area (Å²) in [6, 6.07) is 8.62. The van der Waals surface area contributed by atoms with Crippen molar-refractivity contribution in [2.45, 2.75) is 33.1 Å². The van der Waals surface area contributed by atoms with Gasteiger partial charge in [-0.25, -0.2) is 0 Å². The van der Waals surface area contributed by atoms with Crippen LogP contribution >= 0.6 is 0 Å². The molecule has 1 aliphatic heterocycles. The SMILES string of the molecule is CCCCN=C(NCC)N1CCc2ccccc21. The Morgan fingerprint density at radius 1 is 1.33 bits per heavy atom. The summed E-state index contributed by atoms with van der Waals surface area (Å²) in [6.45, 7) is 7.20. The quantitative estimate of drug-likeness (QED) is 0.502. The maximum atomic E-state index is 4.72. The van der Waals surface area contributed by atoms with Crippen molar-refractivity contribution in [3.8, 4) is 0 Å². The Morgan fingerprint density at radius 3 is 2.94 bits per heavy atom. The number of guanidine groups is 1. The van der Waals surface area contributed by atoms with E-state index < -0.39 is 0 Å². The number of nitrogens with one attached hydrogen (secondary N) is 1. The van der Waals surface area contributed by atoms with E-state index in [0.717, 1.165) is 38.4 Å². The molecule has 3 heteroatoms. The van der Waals surface area contributed by atoms with Gasteiger partial charge >= 0.3 is 0 Å². The lowest BCUT2D eigenvalue weighted by Crippen LogP contribution is -2.40. The first kappa shape index (κ1) is 12.9. The molecule has 0 bridgehead atoms. The van der Waals surface area contributed by atoms with Crippen molar-refractivity contribution in [3.05, 3.63) is 29.8 Å². The van der Waals surface area contributed by atoms with Gasteiger partial charge < -0.3 is 10.2 Å². The highest BCUT2D eigenvalue weighted by Gasteiger charge is 2.21. The lowest BCUT2D eigenvalue weighted by molar-refractivity contribution is 0.792. The second-order valence-electron chi connectivity index (χ2n) is 4.62. The third-order valence-electron chi connectivity index (χ3n) is 3.25. The summed E-state index contributed by atoms with van der Waals surface area (Å²) in [5.41, 5.74) is 2.74. The van der Waals surface area contributed by atoms with Gasteiger partial charge in [-0.3, -0.25) is 4.99 Å². The highest BCUT2D eigenvalue weighted by molar-refractivity contribution is 5.97. The van der Waals surface area contributed by atoms with Crippen LogP contribution in [0.2, 0.25) is 0 Å². The lowest BCUT2D eigenvalue weighted by Gasteiger charge is -2.22. The van der Waals surface area contributed by atoms with Crippen molar-refractivity contribution in [2.24, 2.45) is 4.99 Å². The van der Waals surface area contributed by atoms with Crippen molar-refractivity contribution in [1.82, 2.24) is 5.32 Å². The molecule has 0 atom stereocenters. The Hall–Kier alpha value is -1.51. The fourth-order valence-electron chi connectivity index (χ4n) is 2.30. The molecule has 0 unspecified atom stereocenters. The number of rotatable bonds is 4. The van der Waals surface area contributed by atoms with Crippen LogP contribution in [0.15, 0.2) is 29.3 Å². The molecule has 0 saturated heterocycles. The van der Waals surface area contributed by atoms with Crippen LogP contribution in [0.5, 0.6) is 0 Å². The number of hydrogen-bond acceptors (Lipinski definition) is 1. The number of benzene rings is 1. The normalized spacial score (nSPS) is 14.8. The molecule has 2 rings (SSSR count). The Kier molecular flexibility index (Phi) is 4.62. The Labute approximate surface area is 110 Å². The van der Waals surface area contributed by atoms with Crippen molar-refractivity contribution >= 4 is 11.6 Å². The van der Waals surface area contributed by atoms with Crippen LogP contribution in [0, 0.1) is 0 Å². The minimum absolute atomic E-state index is 0.914. The van der Waals surface area contributed by atoms with Crippen molar-refractivity contribution in [3.63, 3.8) is 0 Å². The van der Waals surface area contributed by atoms with Crippen molar-refractivity contribution in [2.75, 3.05) is 24.5 Å². The molecule has 0 aliphatic carbocycles. The highest BCUT2D eigenvalue weighted by Crippen LogP contribution is 2.27. The Balaban J connectivity index is 2.15. The molecule has 18 heavy (non-hydrogen) atoms. The van der Waals surface area contributed by atoms with Gasteiger partial charge in [-0.15, -0.1) is 0 Å². The molecule has 0 amide bonds. The summed E-state index contributed by atoms with van der Waals surface area (Å²) >= 11 is 0. The van der Waals surface area contributed by atoms with Crippen LogP contribution in [0.3, 0.4) is 0 Å².